The summed E-state index contributed by atoms with van der Waals surface area (Å²) < 4.78 is 18.3. The van der Waals surface area contributed by atoms with E-state index < -0.39 is 0 Å². The third kappa shape index (κ3) is 5.17. The Hall–Kier alpha value is -1.62. The zero-order chi connectivity index (χ0) is 14.4. The summed E-state index contributed by atoms with van der Waals surface area (Å²) in [6.07, 6.45) is 3.35. The molecule has 0 spiro atoms. The zero-order valence-electron chi connectivity index (χ0n) is 11.5. The van der Waals surface area contributed by atoms with Gasteiger partial charge in [0.15, 0.2) is 0 Å². The Bertz CT molecular complexity index is 449. The van der Waals surface area contributed by atoms with Gasteiger partial charge in [-0.25, -0.2) is 4.39 Å². The summed E-state index contributed by atoms with van der Waals surface area (Å²) in [6, 6.07) is 6.06. The van der Waals surface area contributed by atoms with E-state index in [-0.39, 0.29) is 17.8 Å². The van der Waals surface area contributed by atoms with Crippen LogP contribution >= 0.6 is 0 Å². The number of ether oxygens (including phenoxy) is 1. The predicted octanol–water partition coefficient (Wildman–Crippen LogP) is 1.84. The van der Waals surface area contributed by atoms with Crippen molar-refractivity contribution < 1.29 is 13.9 Å². The summed E-state index contributed by atoms with van der Waals surface area (Å²) >= 11 is 0. The van der Waals surface area contributed by atoms with Crippen LogP contribution in [0.3, 0.4) is 0 Å². The van der Waals surface area contributed by atoms with Crippen LogP contribution in [0.1, 0.15) is 25.7 Å². The third-order valence-corrected chi connectivity index (χ3v) is 3.38. The monoisotopic (exact) mass is 280 g/mol. The fourth-order valence-electron chi connectivity index (χ4n) is 1.99. The number of amides is 1. The number of carbonyl (C=O) groups excluding carboxylic acids is 1. The van der Waals surface area contributed by atoms with Gasteiger partial charge in [-0.2, -0.15) is 0 Å². The standard InChI is InChI=1S/C15H21FN2O2/c16-12-3-1-4-13(9-12)20-8-2-5-15(19)18-10-14(17)11-6-7-11/h1,3-4,9,11,14H,2,5-8,10,17H2,(H,18,19). The van der Waals surface area contributed by atoms with Crippen LogP contribution in [0.15, 0.2) is 24.3 Å². The van der Waals surface area contributed by atoms with Crippen LogP contribution in [0.25, 0.3) is 0 Å². The quantitative estimate of drug-likeness (QED) is 0.714. The molecular formula is C15H21FN2O2. The van der Waals surface area contributed by atoms with Gasteiger partial charge in [0.05, 0.1) is 6.61 Å². The Morgan fingerprint density at radius 3 is 3.00 bits per heavy atom. The van der Waals surface area contributed by atoms with E-state index in [1.54, 1.807) is 12.1 Å². The highest BCUT2D eigenvalue weighted by Crippen LogP contribution is 2.31. The number of hydrogen-bond acceptors (Lipinski definition) is 3. The minimum Gasteiger partial charge on any atom is -0.493 e. The molecule has 0 aliphatic heterocycles. The van der Waals surface area contributed by atoms with Crippen molar-refractivity contribution in [3.63, 3.8) is 0 Å². The lowest BCUT2D eigenvalue weighted by molar-refractivity contribution is -0.121. The van der Waals surface area contributed by atoms with Gasteiger partial charge >= 0.3 is 0 Å². The topological polar surface area (TPSA) is 64.3 Å². The fourth-order valence-corrected chi connectivity index (χ4v) is 1.99. The maximum absolute atomic E-state index is 12.9. The van der Waals surface area contributed by atoms with Crippen molar-refractivity contribution in [3.8, 4) is 5.75 Å². The molecule has 2 rings (SSSR count). The summed E-state index contributed by atoms with van der Waals surface area (Å²) in [4.78, 5) is 11.6. The van der Waals surface area contributed by atoms with E-state index in [4.69, 9.17) is 10.5 Å². The van der Waals surface area contributed by atoms with Crippen LogP contribution in [-0.2, 0) is 4.79 Å². The molecule has 1 aliphatic carbocycles. The van der Waals surface area contributed by atoms with Crippen LogP contribution in [0, 0.1) is 11.7 Å². The van der Waals surface area contributed by atoms with Crippen LogP contribution in [0.5, 0.6) is 5.75 Å². The fraction of sp³-hybridized carbons (Fsp3) is 0.533. The lowest BCUT2D eigenvalue weighted by Gasteiger charge is -2.11. The highest BCUT2D eigenvalue weighted by atomic mass is 19.1. The van der Waals surface area contributed by atoms with E-state index in [0.717, 1.165) is 0 Å². The van der Waals surface area contributed by atoms with E-state index in [9.17, 15) is 9.18 Å². The molecule has 1 saturated carbocycles. The van der Waals surface area contributed by atoms with Gasteiger partial charge in [0, 0.05) is 25.1 Å². The maximum atomic E-state index is 12.9. The zero-order valence-corrected chi connectivity index (χ0v) is 11.5. The van der Waals surface area contributed by atoms with Gasteiger partial charge in [-0.1, -0.05) is 6.07 Å². The summed E-state index contributed by atoms with van der Waals surface area (Å²) in [5.74, 6) is 0.742. The van der Waals surface area contributed by atoms with Gasteiger partial charge in [0.1, 0.15) is 11.6 Å². The number of benzene rings is 1. The molecule has 1 fully saturated rings. The number of rotatable bonds is 8. The Balaban J connectivity index is 1.54. The summed E-state index contributed by atoms with van der Waals surface area (Å²) in [6.45, 7) is 0.944. The van der Waals surface area contributed by atoms with Crippen molar-refractivity contribution in [2.45, 2.75) is 31.7 Å². The summed E-state index contributed by atoms with van der Waals surface area (Å²) in [5.41, 5.74) is 5.90. The second-order valence-electron chi connectivity index (χ2n) is 5.21. The second kappa shape index (κ2) is 7.24. The van der Waals surface area contributed by atoms with Gasteiger partial charge in [-0.15, -0.1) is 0 Å². The Morgan fingerprint density at radius 1 is 1.50 bits per heavy atom. The molecule has 1 aliphatic rings. The molecular weight excluding hydrogens is 259 g/mol. The largest absolute Gasteiger partial charge is 0.493 e. The second-order valence-corrected chi connectivity index (χ2v) is 5.21. The minimum absolute atomic E-state index is 0.0102. The van der Waals surface area contributed by atoms with Crippen molar-refractivity contribution in [1.29, 1.82) is 0 Å². The van der Waals surface area contributed by atoms with E-state index in [2.05, 4.69) is 5.32 Å². The van der Waals surface area contributed by atoms with Gasteiger partial charge < -0.3 is 15.8 Å². The average molecular weight is 280 g/mol. The molecule has 110 valence electrons. The van der Waals surface area contributed by atoms with Crippen molar-refractivity contribution in [1.82, 2.24) is 5.32 Å². The molecule has 1 aromatic carbocycles. The molecule has 1 atom stereocenters. The Kier molecular flexibility index (Phi) is 5.35. The number of halogens is 1. The number of nitrogens with one attached hydrogen (secondary N) is 1. The summed E-state index contributed by atoms with van der Waals surface area (Å²) in [5, 5.41) is 2.83. The number of hydrogen-bond donors (Lipinski definition) is 2. The molecule has 1 unspecified atom stereocenters. The molecule has 0 radical (unpaired) electrons. The smallest absolute Gasteiger partial charge is 0.220 e. The molecule has 1 amide bonds. The van der Waals surface area contributed by atoms with Crippen LogP contribution in [0.2, 0.25) is 0 Å². The van der Waals surface area contributed by atoms with Crippen molar-refractivity contribution in [3.05, 3.63) is 30.1 Å². The lowest BCUT2D eigenvalue weighted by Crippen LogP contribution is -2.38. The highest BCUT2D eigenvalue weighted by Gasteiger charge is 2.28. The molecule has 4 nitrogen and oxygen atoms in total. The first-order chi connectivity index (χ1) is 9.65. The molecule has 0 heterocycles. The molecule has 20 heavy (non-hydrogen) atoms. The van der Waals surface area contributed by atoms with Gasteiger partial charge in [0.2, 0.25) is 5.91 Å². The molecule has 1 aromatic rings. The minimum atomic E-state index is -0.325. The maximum Gasteiger partial charge on any atom is 0.220 e. The average Bonchev–Trinajstić information content (AvgIpc) is 3.25. The van der Waals surface area contributed by atoms with E-state index in [1.165, 1.54) is 25.0 Å². The van der Waals surface area contributed by atoms with Gasteiger partial charge in [-0.3, -0.25) is 4.79 Å². The van der Waals surface area contributed by atoms with E-state index in [0.29, 0.717) is 37.7 Å². The predicted molar refractivity (Wildman–Crippen MR) is 74.8 cm³/mol. The first-order valence-electron chi connectivity index (χ1n) is 7.06. The summed E-state index contributed by atoms with van der Waals surface area (Å²) in [7, 11) is 0. The van der Waals surface area contributed by atoms with E-state index >= 15 is 0 Å². The molecule has 0 bridgehead atoms. The Labute approximate surface area is 118 Å². The SMILES string of the molecule is NC(CNC(=O)CCCOc1cccc(F)c1)C1CC1. The molecule has 0 saturated heterocycles. The van der Waals surface area contributed by atoms with Crippen molar-refractivity contribution >= 4 is 5.91 Å². The van der Waals surface area contributed by atoms with Crippen molar-refractivity contribution in [2.24, 2.45) is 11.7 Å². The molecule has 3 N–H and O–H groups in total. The van der Waals surface area contributed by atoms with Crippen LogP contribution < -0.4 is 15.8 Å². The number of carbonyl (C=O) groups is 1. The first-order valence-corrected chi connectivity index (χ1v) is 7.06. The normalized spacial score (nSPS) is 15.7. The van der Waals surface area contributed by atoms with Crippen LogP contribution in [-0.4, -0.2) is 25.1 Å². The van der Waals surface area contributed by atoms with Gasteiger partial charge in [0.25, 0.3) is 0 Å². The third-order valence-electron chi connectivity index (χ3n) is 3.38. The van der Waals surface area contributed by atoms with E-state index in [1.807, 2.05) is 0 Å². The van der Waals surface area contributed by atoms with Crippen molar-refractivity contribution in [2.75, 3.05) is 13.2 Å². The molecule has 0 aromatic heterocycles. The van der Waals surface area contributed by atoms with Crippen LogP contribution in [0.4, 0.5) is 4.39 Å². The number of nitrogens with two attached hydrogens (primary N) is 1. The lowest BCUT2D eigenvalue weighted by atomic mass is 10.2. The van der Waals surface area contributed by atoms with Gasteiger partial charge in [-0.05, 0) is 37.3 Å². The Morgan fingerprint density at radius 2 is 2.30 bits per heavy atom. The first kappa shape index (κ1) is 14.8. The molecule has 5 heteroatoms. The highest BCUT2D eigenvalue weighted by molar-refractivity contribution is 5.75.